The summed E-state index contributed by atoms with van der Waals surface area (Å²) in [6.45, 7) is 1.91. The molecule has 0 amide bonds. The van der Waals surface area contributed by atoms with Crippen molar-refractivity contribution in [1.29, 1.82) is 0 Å². The first-order chi connectivity index (χ1) is 15.9. The third-order valence-corrected chi connectivity index (χ3v) is 5.60. The summed E-state index contributed by atoms with van der Waals surface area (Å²) in [6.07, 6.45) is 0.412. The Hall–Kier alpha value is -3.87. The van der Waals surface area contributed by atoms with E-state index in [0.717, 1.165) is 22.3 Å². The normalized spacial score (nSPS) is 10.5. The van der Waals surface area contributed by atoms with Crippen molar-refractivity contribution >= 4 is 5.97 Å². The molecule has 0 unspecified atom stereocenters. The zero-order chi connectivity index (χ0) is 24.1. The summed E-state index contributed by atoms with van der Waals surface area (Å²) in [5, 5.41) is 9.90. The van der Waals surface area contributed by atoms with Crippen molar-refractivity contribution in [1.82, 2.24) is 0 Å². The Morgan fingerprint density at radius 1 is 0.758 bits per heavy atom. The zero-order valence-corrected chi connectivity index (χ0v) is 19.6. The summed E-state index contributed by atoms with van der Waals surface area (Å²) < 4.78 is 27.5. The molecule has 0 bridgehead atoms. The summed E-state index contributed by atoms with van der Waals surface area (Å²) in [5.41, 5.74) is 4.08. The van der Waals surface area contributed by atoms with Crippen LogP contribution in [0.2, 0.25) is 0 Å². The van der Waals surface area contributed by atoms with Crippen LogP contribution in [0.1, 0.15) is 27.0 Å². The van der Waals surface area contributed by atoms with Gasteiger partial charge in [-0.05, 0) is 41.8 Å². The van der Waals surface area contributed by atoms with Crippen LogP contribution in [-0.2, 0) is 6.42 Å². The van der Waals surface area contributed by atoms with Crippen molar-refractivity contribution in [3.8, 4) is 39.9 Å². The van der Waals surface area contributed by atoms with Crippen molar-refractivity contribution in [3.63, 3.8) is 0 Å². The molecule has 0 aromatic heterocycles. The summed E-state index contributed by atoms with van der Waals surface area (Å²) in [7, 11) is 7.78. The first-order valence-electron chi connectivity index (χ1n) is 10.3. The maximum atomic E-state index is 12.1. The topological polar surface area (TPSA) is 83.5 Å². The zero-order valence-electron chi connectivity index (χ0n) is 19.6. The molecule has 0 fully saturated rings. The molecule has 7 nitrogen and oxygen atoms in total. The Bertz CT molecular complexity index is 1150. The number of ether oxygens (including phenoxy) is 5. The minimum atomic E-state index is -1.00. The predicted octanol–water partition coefficient (Wildman–Crippen LogP) is 4.99. The second kappa shape index (κ2) is 10.2. The van der Waals surface area contributed by atoms with E-state index in [1.54, 1.807) is 39.5 Å². The van der Waals surface area contributed by atoms with Gasteiger partial charge >= 0.3 is 5.97 Å². The fraction of sp³-hybridized carbons (Fsp3) is 0.269. The summed E-state index contributed by atoms with van der Waals surface area (Å²) in [5.74, 6) is 1.63. The highest BCUT2D eigenvalue weighted by atomic mass is 16.5. The largest absolute Gasteiger partial charge is 0.497 e. The molecule has 7 heteroatoms. The Morgan fingerprint density at radius 3 is 1.85 bits per heavy atom. The van der Waals surface area contributed by atoms with Crippen LogP contribution in [0, 0.1) is 6.92 Å². The summed E-state index contributed by atoms with van der Waals surface area (Å²) >= 11 is 0. The highest BCUT2D eigenvalue weighted by Crippen LogP contribution is 2.49. The van der Waals surface area contributed by atoms with E-state index in [1.165, 1.54) is 14.2 Å². The fourth-order valence-corrected chi connectivity index (χ4v) is 3.97. The van der Waals surface area contributed by atoms with Crippen LogP contribution >= 0.6 is 0 Å². The van der Waals surface area contributed by atoms with Crippen LogP contribution in [0.25, 0.3) is 11.1 Å². The number of carboxylic acid groups (broad SMARTS) is 1. The van der Waals surface area contributed by atoms with E-state index >= 15 is 0 Å². The molecule has 0 saturated carbocycles. The number of hydrogen-bond acceptors (Lipinski definition) is 6. The van der Waals surface area contributed by atoms with Crippen molar-refractivity contribution in [2.24, 2.45) is 0 Å². The highest BCUT2D eigenvalue weighted by Gasteiger charge is 2.25. The second-order valence-corrected chi connectivity index (χ2v) is 7.33. The van der Waals surface area contributed by atoms with Gasteiger partial charge in [-0.1, -0.05) is 24.3 Å². The number of aromatic carboxylic acids is 1. The van der Waals surface area contributed by atoms with Gasteiger partial charge in [0.15, 0.2) is 11.5 Å². The fourth-order valence-electron chi connectivity index (χ4n) is 3.97. The van der Waals surface area contributed by atoms with E-state index in [1.807, 2.05) is 31.2 Å². The van der Waals surface area contributed by atoms with Crippen molar-refractivity contribution in [2.75, 3.05) is 35.5 Å². The molecule has 0 atom stereocenters. The molecule has 174 valence electrons. The molecule has 0 aliphatic carbocycles. The van der Waals surface area contributed by atoms with Gasteiger partial charge in [-0.2, -0.15) is 0 Å². The smallest absolute Gasteiger partial charge is 0.336 e. The second-order valence-electron chi connectivity index (χ2n) is 7.33. The molecular formula is C26H28O7. The maximum Gasteiger partial charge on any atom is 0.336 e. The quantitative estimate of drug-likeness (QED) is 0.489. The number of hydrogen-bond donors (Lipinski definition) is 1. The molecule has 0 radical (unpaired) electrons. The van der Waals surface area contributed by atoms with E-state index < -0.39 is 5.97 Å². The summed E-state index contributed by atoms with van der Waals surface area (Å²) in [4.78, 5) is 12.1. The van der Waals surface area contributed by atoms with Gasteiger partial charge < -0.3 is 28.8 Å². The average molecular weight is 453 g/mol. The number of benzene rings is 3. The lowest BCUT2D eigenvalue weighted by atomic mass is 9.93. The SMILES string of the molecule is COc1ccc(-c2ccc(Cc3c(C)c(OC)c(OC)c(OC)c3OC)cc2C(=O)O)cc1. The molecule has 1 N–H and O–H groups in total. The Balaban J connectivity index is 2.12. The van der Waals surface area contributed by atoms with Crippen molar-refractivity contribution in [2.45, 2.75) is 13.3 Å². The lowest BCUT2D eigenvalue weighted by Crippen LogP contribution is -2.06. The van der Waals surface area contributed by atoms with E-state index in [4.69, 9.17) is 23.7 Å². The molecule has 0 aliphatic rings. The highest BCUT2D eigenvalue weighted by molar-refractivity contribution is 5.96. The Morgan fingerprint density at radius 2 is 1.33 bits per heavy atom. The third kappa shape index (κ3) is 4.53. The Labute approximate surface area is 193 Å². The molecule has 0 spiro atoms. The molecule has 3 aromatic rings. The van der Waals surface area contributed by atoms with Crippen LogP contribution in [0.15, 0.2) is 42.5 Å². The number of rotatable bonds is 9. The van der Waals surface area contributed by atoms with E-state index in [2.05, 4.69) is 0 Å². The van der Waals surface area contributed by atoms with E-state index in [0.29, 0.717) is 40.7 Å². The van der Waals surface area contributed by atoms with Gasteiger partial charge in [0.25, 0.3) is 0 Å². The molecule has 3 aromatic carbocycles. The van der Waals surface area contributed by atoms with Crippen LogP contribution in [0.5, 0.6) is 28.7 Å². The van der Waals surface area contributed by atoms with Crippen LogP contribution in [-0.4, -0.2) is 46.6 Å². The molecule has 0 saturated heterocycles. The van der Waals surface area contributed by atoms with Gasteiger partial charge in [-0.15, -0.1) is 0 Å². The van der Waals surface area contributed by atoms with E-state index in [9.17, 15) is 9.90 Å². The Kier molecular flexibility index (Phi) is 7.33. The van der Waals surface area contributed by atoms with Gasteiger partial charge in [0.2, 0.25) is 11.5 Å². The van der Waals surface area contributed by atoms with E-state index in [-0.39, 0.29) is 5.56 Å². The lowest BCUT2D eigenvalue weighted by molar-refractivity contribution is 0.0697. The van der Waals surface area contributed by atoms with Gasteiger partial charge in [-0.25, -0.2) is 4.79 Å². The number of carbonyl (C=O) groups is 1. The standard InChI is InChI=1S/C26H28O7/c1-15-20(23(31-4)25(33-6)24(32-5)22(15)30-3)13-16-7-12-19(21(14-16)26(27)28)17-8-10-18(29-2)11-9-17/h7-12,14H,13H2,1-6H3,(H,27,28). The van der Waals surface area contributed by atoms with Crippen LogP contribution < -0.4 is 23.7 Å². The van der Waals surface area contributed by atoms with Crippen molar-refractivity contribution in [3.05, 3.63) is 64.7 Å². The number of methoxy groups -OCH3 is 5. The van der Waals surface area contributed by atoms with Crippen molar-refractivity contribution < 1.29 is 33.6 Å². The van der Waals surface area contributed by atoms with Gasteiger partial charge in [-0.3, -0.25) is 0 Å². The monoisotopic (exact) mass is 452 g/mol. The van der Waals surface area contributed by atoms with Crippen LogP contribution in [0.4, 0.5) is 0 Å². The molecular weight excluding hydrogens is 424 g/mol. The minimum absolute atomic E-state index is 0.210. The summed E-state index contributed by atoms with van der Waals surface area (Å²) in [6, 6.07) is 12.7. The predicted molar refractivity (Wildman–Crippen MR) is 126 cm³/mol. The molecule has 0 aliphatic heterocycles. The first-order valence-corrected chi connectivity index (χ1v) is 10.3. The van der Waals surface area contributed by atoms with Gasteiger partial charge in [0, 0.05) is 17.5 Å². The minimum Gasteiger partial charge on any atom is -0.497 e. The third-order valence-electron chi connectivity index (χ3n) is 5.60. The lowest BCUT2D eigenvalue weighted by Gasteiger charge is -2.22. The molecule has 0 heterocycles. The molecule has 3 rings (SSSR count). The van der Waals surface area contributed by atoms with Gasteiger partial charge in [0.1, 0.15) is 5.75 Å². The number of carboxylic acids is 1. The maximum absolute atomic E-state index is 12.1. The molecule has 33 heavy (non-hydrogen) atoms. The first kappa shape index (κ1) is 23.8. The van der Waals surface area contributed by atoms with Crippen LogP contribution in [0.3, 0.4) is 0 Å². The van der Waals surface area contributed by atoms with Gasteiger partial charge in [0.05, 0.1) is 41.1 Å². The average Bonchev–Trinajstić information content (AvgIpc) is 2.84.